The van der Waals surface area contributed by atoms with E-state index in [0.29, 0.717) is 23.5 Å². The van der Waals surface area contributed by atoms with Crippen molar-refractivity contribution in [2.75, 3.05) is 14.2 Å². The maximum Gasteiger partial charge on any atom is 0.331 e. The van der Waals surface area contributed by atoms with Gasteiger partial charge in [0.25, 0.3) is 5.91 Å². The number of hydrogen-bond donors (Lipinski definition) is 1. The van der Waals surface area contributed by atoms with Crippen LogP contribution in [0.3, 0.4) is 0 Å². The molecule has 1 atom stereocenters. The third-order valence-corrected chi connectivity index (χ3v) is 3.52. The molecule has 0 fully saturated rings. The van der Waals surface area contributed by atoms with E-state index in [-0.39, 0.29) is 12.0 Å². The molecule has 0 unspecified atom stereocenters. The molecule has 0 aliphatic heterocycles. The molecule has 1 rings (SSSR count). The van der Waals surface area contributed by atoms with Crippen LogP contribution in [0.15, 0.2) is 18.2 Å². The second-order valence-corrected chi connectivity index (χ2v) is 5.66. The van der Waals surface area contributed by atoms with Gasteiger partial charge in [0, 0.05) is 5.56 Å². The van der Waals surface area contributed by atoms with Crippen LogP contribution in [0.5, 0.6) is 11.5 Å². The predicted octanol–water partition coefficient (Wildman–Crippen LogP) is 2.55. The number of esters is 1. The Hall–Kier alpha value is -2.24. The van der Waals surface area contributed by atoms with Gasteiger partial charge in [0.15, 0.2) is 11.5 Å². The normalized spacial score (nSPS) is 13.2. The molecule has 128 valence electrons. The van der Waals surface area contributed by atoms with E-state index in [2.05, 4.69) is 5.32 Å². The van der Waals surface area contributed by atoms with Gasteiger partial charge in [-0.25, -0.2) is 4.79 Å². The Morgan fingerprint density at radius 3 is 2.35 bits per heavy atom. The second kappa shape index (κ2) is 7.85. The largest absolute Gasteiger partial charge is 0.493 e. The van der Waals surface area contributed by atoms with Gasteiger partial charge >= 0.3 is 5.97 Å². The lowest BCUT2D eigenvalue weighted by Crippen LogP contribution is -2.52. The van der Waals surface area contributed by atoms with Crippen LogP contribution in [0.25, 0.3) is 0 Å². The molecular weight excluding hydrogens is 298 g/mol. The van der Waals surface area contributed by atoms with Crippen LogP contribution in [0.1, 0.15) is 44.5 Å². The van der Waals surface area contributed by atoms with Crippen molar-refractivity contribution in [2.24, 2.45) is 0 Å². The van der Waals surface area contributed by atoms with Crippen LogP contribution < -0.4 is 14.8 Å². The predicted molar refractivity (Wildman–Crippen MR) is 86.9 cm³/mol. The third-order valence-electron chi connectivity index (χ3n) is 3.52. The lowest BCUT2D eigenvalue weighted by atomic mass is 9.98. The first-order valence-electron chi connectivity index (χ1n) is 7.53. The molecule has 6 heteroatoms. The maximum atomic E-state index is 12.4. The number of hydrogen-bond acceptors (Lipinski definition) is 5. The smallest absolute Gasteiger partial charge is 0.331 e. The molecular formula is C17H25NO5. The summed E-state index contributed by atoms with van der Waals surface area (Å²) < 4.78 is 15.6. The Bertz CT molecular complexity index is 570. The van der Waals surface area contributed by atoms with E-state index < -0.39 is 11.5 Å². The van der Waals surface area contributed by atoms with Gasteiger partial charge in [0.1, 0.15) is 5.54 Å². The zero-order chi connectivity index (χ0) is 17.6. The molecule has 0 spiro atoms. The van der Waals surface area contributed by atoms with Gasteiger partial charge in [0.05, 0.1) is 20.3 Å². The number of ether oxygens (including phenoxy) is 3. The molecule has 0 aromatic heterocycles. The van der Waals surface area contributed by atoms with Crippen molar-refractivity contribution >= 4 is 11.9 Å². The van der Waals surface area contributed by atoms with Crippen molar-refractivity contribution in [1.29, 1.82) is 0 Å². The van der Waals surface area contributed by atoms with E-state index in [1.54, 1.807) is 32.0 Å². The highest BCUT2D eigenvalue weighted by molar-refractivity contribution is 5.98. The minimum absolute atomic E-state index is 0.00807. The monoisotopic (exact) mass is 323 g/mol. The molecule has 1 amide bonds. The zero-order valence-electron chi connectivity index (χ0n) is 14.6. The fourth-order valence-electron chi connectivity index (χ4n) is 1.99. The SMILES string of the molecule is CC[C@@](C)(NC(=O)c1ccc(OC(C)C)c(OC)c1)C(=O)OC. The number of carbonyl (C=O) groups is 2. The molecule has 0 bridgehead atoms. The summed E-state index contributed by atoms with van der Waals surface area (Å²) in [5, 5.41) is 2.71. The molecule has 6 nitrogen and oxygen atoms in total. The lowest BCUT2D eigenvalue weighted by Gasteiger charge is -2.26. The molecule has 0 heterocycles. The van der Waals surface area contributed by atoms with E-state index in [9.17, 15) is 9.59 Å². The standard InChI is InChI=1S/C17H25NO5/c1-7-17(4,16(20)22-6)18-15(19)12-8-9-13(23-11(2)3)14(10-12)21-5/h8-11H,7H2,1-6H3,(H,18,19)/t17-/m1/s1. The molecule has 0 saturated heterocycles. The average Bonchev–Trinajstić information content (AvgIpc) is 2.53. The number of nitrogens with one attached hydrogen (secondary N) is 1. The summed E-state index contributed by atoms with van der Waals surface area (Å²) >= 11 is 0. The number of carbonyl (C=O) groups excluding carboxylic acids is 2. The van der Waals surface area contributed by atoms with Crippen molar-refractivity contribution in [3.05, 3.63) is 23.8 Å². The van der Waals surface area contributed by atoms with Gasteiger partial charge in [-0.1, -0.05) is 6.92 Å². The quantitative estimate of drug-likeness (QED) is 0.781. The average molecular weight is 323 g/mol. The number of methoxy groups -OCH3 is 2. The highest BCUT2D eigenvalue weighted by Crippen LogP contribution is 2.29. The highest BCUT2D eigenvalue weighted by atomic mass is 16.5. The Kier molecular flexibility index (Phi) is 6.42. The lowest BCUT2D eigenvalue weighted by molar-refractivity contribution is -0.147. The van der Waals surface area contributed by atoms with Gasteiger partial charge in [0.2, 0.25) is 0 Å². The van der Waals surface area contributed by atoms with Crippen molar-refractivity contribution in [2.45, 2.75) is 45.8 Å². The molecule has 0 radical (unpaired) electrons. The highest BCUT2D eigenvalue weighted by Gasteiger charge is 2.34. The molecule has 1 aromatic carbocycles. The first-order valence-corrected chi connectivity index (χ1v) is 7.53. The van der Waals surface area contributed by atoms with Crippen molar-refractivity contribution < 1.29 is 23.8 Å². The first kappa shape index (κ1) is 18.8. The van der Waals surface area contributed by atoms with Crippen LogP contribution in [-0.2, 0) is 9.53 Å². The summed E-state index contributed by atoms with van der Waals surface area (Å²) in [6.07, 6.45) is 0.406. The van der Waals surface area contributed by atoms with E-state index in [1.807, 2.05) is 13.8 Å². The summed E-state index contributed by atoms with van der Waals surface area (Å²) in [7, 11) is 2.80. The molecule has 0 aliphatic rings. The van der Waals surface area contributed by atoms with Crippen LogP contribution >= 0.6 is 0 Å². The summed E-state index contributed by atoms with van der Waals surface area (Å²) in [5.41, 5.74) is -0.701. The summed E-state index contributed by atoms with van der Waals surface area (Å²) in [4.78, 5) is 24.3. The van der Waals surface area contributed by atoms with Gasteiger partial charge in [-0.05, 0) is 45.4 Å². The van der Waals surface area contributed by atoms with Gasteiger partial charge in [-0.3, -0.25) is 4.79 Å². The molecule has 1 N–H and O–H groups in total. The van der Waals surface area contributed by atoms with Crippen LogP contribution in [-0.4, -0.2) is 37.7 Å². The third kappa shape index (κ3) is 4.61. The fourth-order valence-corrected chi connectivity index (χ4v) is 1.99. The molecule has 1 aromatic rings. The Labute approximate surface area is 137 Å². The summed E-state index contributed by atoms with van der Waals surface area (Å²) in [5.74, 6) is 0.155. The Balaban J connectivity index is 3.02. The van der Waals surface area contributed by atoms with Crippen molar-refractivity contribution in [3.8, 4) is 11.5 Å². The zero-order valence-corrected chi connectivity index (χ0v) is 14.6. The summed E-state index contributed by atoms with van der Waals surface area (Å²) in [6, 6.07) is 4.89. The van der Waals surface area contributed by atoms with Crippen LogP contribution in [0.4, 0.5) is 0 Å². The topological polar surface area (TPSA) is 73.9 Å². The van der Waals surface area contributed by atoms with E-state index in [1.165, 1.54) is 14.2 Å². The molecule has 0 aliphatic carbocycles. The maximum absolute atomic E-state index is 12.4. The molecule has 0 saturated carbocycles. The number of amides is 1. The summed E-state index contributed by atoms with van der Waals surface area (Å²) in [6.45, 7) is 7.24. The van der Waals surface area contributed by atoms with Crippen molar-refractivity contribution in [1.82, 2.24) is 5.32 Å². The minimum Gasteiger partial charge on any atom is -0.493 e. The number of benzene rings is 1. The van der Waals surface area contributed by atoms with Crippen LogP contribution in [0, 0.1) is 0 Å². The van der Waals surface area contributed by atoms with Crippen LogP contribution in [0.2, 0.25) is 0 Å². The number of rotatable bonds is 7. The second-order valence-electron chi connectivity index (χ2n) is 5.66. The van der Waals surface area contributed by atoms with Crippen molar-refractivity contribution in [3.63, 3.8) is 0 Å². The van der Waals surface area contributed by atoms with E-state index in [4.69, 9.17) is 14.2 Å². The Morgan fingerprint density at radius 2 is 1.87 bits per heavy atom. The van der Waals surface area contributed by atoms with E-state index >= 15 is 0 Å². The van der Waals surface area contributed by atoms with Gasteiger partial charge in [-0.2, -0.15) is 0 Å². The fraction of sp³-hybridized carbons (Fsp3) is 0.529. The van der Waals surface area contributed by atoms with Gasteiger partial charge in [-0.15, -0.1) is 0 Å². The first-order chi connectivity index (χ1) is 10.8. The minimum atomic E-state index is -1.08. The molecule has 23 heavy (non-hydrogen) atoms. The van der Waals surface area contributed by atoms with Gasteiger partial charge < -0.3 is 19.5 Å². The van der Waals surface area contributed by atoms with E-state index in [0.717, 1.165) is 0 Å². The Morgan fingerprint density at radius 1 is 1.22 bits per heavy atom.